The maximum Gasteiger partial charge on any atom is 0.311 e. The SMILES string of the molecule is C.C.C.CCC(C)(C)C(=O)OCC(=O)CC(=O)O. The standard InChI is InChI=1S/C10H16O5.3CH4/c1-4-10(2,3)9(14)15-6-7(11)5-8(12)13;;;/h4-6H2,1-3H3,(H,12,13);3*1H4. The molecule has 0 aliphatic carbocycles. The van der Waals surface area contributed by atoms with Crippen molar-refractivity contribution in [1.82, 2.24) is 0 Å². The number of carbonyl (C=O) groups is 3. The highest BCUT2D eigenvalue weighted by molar-refractivity contribution is 5.96. The van der Waals surface area contributed by atoms with Crippen molar-refractivity contribution in [2.24, 2.45) is 5.41 Å². The maximum atomic E-state index is 11.4. The molecule has 0 aliphatic heterocycles. The Kier molecular flexibility index (Phi) is 15.2. The molecule has 110 valence electrons. The van der Waals surface area contributed by atoms with Gasteiger partial charge >= 0.3 is 11.9 Å². The summed E-state index contributed by atoms with van der Waals surface area (Å²) >= 11 is 0. The molecule has 0 spiro atoms. The number of ether oxygens (including phenoxy) is 1. The molecule has 0 aliphatic rings. The van der Waals surface area contributed by atoms with E-state index in [-0.39, 0.29) is 22.3 Å². The molecule has 0 aromatic heterocycles. The number of carboxylic acids is 1. The Hall–Kier alpha value is -1.39. The number of carbonyl (C=O) groups excluding carboxylic acids is 2. The second-order valence-electron chi connectivity index (χ2n) is 3.92. The molecular formula is C13H28O5. The van der Waals surface area contributed by atoms with Crippen LogP contribution in [0.4, 0.5) is 0 Å². The Balaban J connectivity index is -0.000000327. The molecule has 0 heterocycles. The number of Topliss-reactive ketones (excluding diaryl/α,β-unsaturated/α-hetero) is 1. The lowest BCUT2D eigenvalue weighted by atomic mass is 9.91. The molecule has 18 heavy (non-hydrogen) atoms. The lowest BCUT2D eigenvalue weighted by Gasteiger charge is -2.19. The number of rotatable bonds is 6. The van der Waals surface area contributed by atoms with Crippen LogP contribution in [0.5, 0.6) is 0 Å². The highest BCUT2D eigenvalue weighted by Gasteiger charge is 2.27. The molecule has 0 fully saturated rings. The molecule has 0 saturated carbocycles. The van der Waals surface area contributed by atoms with Crippen molar-refractivity contribution in [3.63, 3.8) is 0 Å². The Labute approximate surface area is 111 Å². The van der Waals surface area contributed by atoms with Gasteiger partial charge in [-0.2, -0.15) is 0 Å². The van der Waals surface area contributed by atoms with E-state index in [4.69, 9.17) is 9.84 Å². The van der Waals surface area contributed by atoms with E-state index in [0.717, 1.165) is 0 Å². The van der Waals surface area contributed by atoms with Crippen molar-refractivity contribution in [1.29, 1.82) is 0 Å². The van der Waals surface area contributed by atoms with Crippen LogP contribution in [0.2, 0.25) is 0 Å². The normalized spacial score (nSPS) is 9.06. The fraction of sp³-hybridized carbons (Fsp3) is 0.769. The first-order valence-corrected chi connectivity index (χ1v) is 4.70. The number of aliphatic carboxylic acids is 1. The molecule has 0 aromatic carbocycles. The van der Waals surface area contributed by atoms with Gasteiger partial charge in [0, 0.05) is 0 Å². The Morgan fingerprint density at radius 1 is 1.11 bits per heavy atom. The summed E-state index contributed by atoms with van der Waals surface area (Å²) in [7, 11) is 0. The van der Waals surface area contributed by atoms with Crippen LogP contribution in [0.15, 0.2) is 0 Å². The number of esters is 1. The molecule has 5 nitrogen and oxygen atoms in total. The smallest absolute Gasteiger partial charge is 0.311 e. The van der Waals surface area contributed by atoms with Crippen LogP contribution in [-0.2, 0) is 19.1 Å². The summed E-state index contributed by atoms with van der Waals surface area (Å²) in [5.74, 6) is -2.31. The average molecular weight is 264 g/mol. The zero-order valence-electron chi connectivity index (χ0n) is 9.20. The molecule has 0 bridgehead atoms. The van der Waals surface area contributed by atoms with Gasteiger partial charge in [0.1, 0.15) is 6.42 Å². The first-order chi connectivity index (χ1) is 6.79. The van der Waals surface area contributed by atoms with Gasteiger partial charge in [0.15, 0.2) is 12.4 Å². The van der Waals surface area contributed by atoms with E-state index in [1.165, 1.54) is 0 Å². The van der Waals surface area contributed by atoms with Crippen molar-refractivity contribution in [3.05, 3.63) is 0 Å². The van der Waals surface area contributed by atoms with Gasteiger partial charge in [-0.05, 0) is 20.3 Å². The molecule has 0 atom stereocenters. The lowest BCUT2D eigenvalue weighted by Crippen LogP contribution is -2.28. The molecule has 0 radical (unpaired) electrons. The van der Waals surface area contributed by atoms with E-state index in [9.17, 15) is 14.4 Å². The first kappa shape index (κ1) is 25.5. The van der Waals surface area contributed by atoms with E-state index in [1.807, 2.05) is 6.92 Å². The monoisotopic (exact) mass is 264 g/mol. The van der Waals surface area contributed by atoms with Crippen LogP contribution in [0.25, 0.3) is 0 Å². The maximum absolute atomic E-state index is 11.4. The van der Waals surface area contributed by atoms with Crippen LogP contribution in [0, 0.1) is 5.41 Å². The quantitative estimate of drug-likeness (QED) is 0.589. The van der Waals surface area contributed by atoms with E-state index in [0.29, 0.717) is 6.42 Å². The summed E-state index contributed by atoms with van der Waals surface area (Å²) < 4.78 is 4.71. The third kappa shape index (κ3) is 9.81. The number of ketones is 1. The molecule has 0 unspecified atom stereocenters. The zero-order chi connectivity index (χ0) is 12.1. The zero-order valence-corrected chi connectivity index (χ0v) is 9.20. The molecule has 5 heteroatoms. The summed E-state index contributed by atoms with van der Waals surface area (Å²) in [5, 5.41) is 8.29. The van der Waals surface area contributed by atoms with Crippen molar-refractivity contribution < 1.29 is 24.2 Å². The Morgan fingerprint density at radius 3 is 1.89 bits per heavy atom. The van der Waals surface area contributed by atoms with Crippen molar-refractivity contribution >= 4 is 17.7 Å². The van der Waals surface area contributed by atoms with E-state index >= 15 is 0 Å². The second-order valence-corrected chi connectivity index (χ2v) is 3.92. The van der Waals surface area contributed by atoms with Gasteiger partial charge in [-0.15, -0.1) is 0 Å². The van der Waals surface area contributed by atoms with Crippen LogP contribution >= 0.6 is 0 Å². The van der Waals surface area contributed by atoms with Crippen molar-refractivity contribution in [2.45, 2.75) is 55.9 Å². The van der Waals surface area contributed by atoms with Crippen molar-refractivity contribution in [2.75, 3.05) is 6.61 Å². The van der Waals surface area contributed by atoms with Crippen molar-refractivity contribution in [3.8, 4) is 0 Å². The second kappa shape index (κ2) is 10.7. The third-order valence-electron chi connectivity index (χ3n) is 2.15. The summed E-state index contributed by atoms with van der Waals surface area (Å²) in [6.07, 6.45) is -0.0151. The van der Waals surface area contributed by atoms with E-state index in [2.05, 4.69) is 0 Å². The fourth-order valence-electron chi connectivity index (χ4n) is 0.705. The number of hydrogen-bond acceptors (Lipinski definition) is 4. The highest BCUT2D eigenvalue weighted by atomic mass is 16.5. The largest absolute Gasteiger partial charge is 0.481 e. The summed E-state index contributed by atoms with van der Waals surface area (Å²) in [6.45, 7) is 4.78. The summed E-state index contributed by atoms with van der Waals surface area (Å²) in [6, 6.07) is 0. The third-order valence-corrected chi connectivity index (χ3v) is 2.15. The number of carboxylic acid groups (broad SMARTS) is 1. The predicted octanol–water partition coefficient (Wildman–Crippen LogP) is 2.92. The first-order valence-electron chi connectivity index (χ1n) is 4.70. The number of hydrogen-bond donors (Lipinski definition) is 1. The minimum absolute atomic E-state index is 0. The fourth-order valence-corrected chi connectivity index (χ4v) is 0.705. The van der Waals surface area contributed by atoms with Gasteiger partial charge < -0.3 is 9.84 Å². The van der Waals surface area contributed by atoms with E-state index < -0.39 is 36.2 Å². The van der Waals surface area contributed by atoms with Crippen LogP contribution in [0.3, 0.4) is 0 Å². The topological polar surface area (TPSA) is 80.7 Å². The summed E-state index contributed by atoms with van der Waals surface area (Å²) in [4.78, 5) is 32.4. The minimum Gasteiger partial charge on any atom is -0.481 e. The van der Waals surface area contributed by atoms with Gasteiger partial charge in [0.05, 0.1) is 5.41 Å². The molecule has 0 saturated heterocycles. The molecule has 0 aromatic rings. The molecular weight excluding hydrogens is 236 g/mol. The van der Waals surface area contributed by atoms with Crippen LogP contribution in [-0.4, -0.2) is 29.4 Å². The predicted molar refractivity (Wildman–Crippen MR) is 72.5 cm³/mol. The average Bonchev–Trinajstić information content (AvgIpc) is 2.13. The highest BCUT2D eigenvalue weighted by Crippen LogP contribution is 2.21. The van der Waals surface area contributed by atoms with Gasteiger partial charge in [-0.3, -0.25) is 14.4 Å². The van der Waals surface area contributed by atoms with Gasteiger partial charge in [-0.25, -0.2) is 0 Å². The van der Waals surface area contributed by atoms with E-state index in [1.54, 1.807) is 13.8 Å². The van der Waals surface area contributed by atoms with Gasteiger partial charge in [0.2, 0.25) is 0 Å². The van der Waals surface area contributed by atoms with Crippen LogP contribution < -0.4 is 0 Å². The van der Waals surface area contributed by atoms with Gasteiger partial charge in [-0.1, -0.05) is 29.2 Å². The van der Waals surface area contributed by atoms with Crippen LogP contribution in [0.1, 0.15) is 55.9 Å². The summed E-state index contributed by atoms with van der Waals surface area (Å²) in [5.41, 5.74) is -0.635. The van der Waals surface area contributed by atoms with Gasteiger partial charge in [0.25, 0.3) is 0 Å². The minimum atomic E-state index is -1.22. The molecule has 1 N–H and O–H groups in total. The Bertz CT molecular complexity index is 269. The lowest BCUT2D eigenvalue weighted by molar-refractivity contribution is -0.158. The molecule has 0 amide bonds. The molecule has 0 rings (SSSR count). The Morgan fingerprint density at radius 2 is 1.56 bits per heavy atom.